The summed E-state index contributed by atoms with van der Waals surface area (Å²) in [6, 6.07) is 11.6. The van der Waals surface area contributed by atoms with Crippen LogP contribution in [0.2, 0.25) is 0 Å². The van der Waals surface area contributed by atoms with Crippen LogP contribution in [0.1, 0.15) is 20.7 Å². The molecule has 136 valence electrons. The van der Waals surface area contributed by atoms with Crippen LogP contribution in [0, 0.1) is 10.1 Å². The summed E-state index contributed by atoms with van der Waals surface area (Å²) >= 11 is 0. The van der Waals surface area contributed by atoms with E-state index in [1.54, 1.807) is 36.4 Å². The van der Waals surface area contributed by atoms with Gasteiger partial charge in [0.25, 0.3) is 17.5 Å². The Morgan fingerprint density at radius 1 is 1.00 bits per heavy atom. The zero-order valence-corrected chi connectivity index (χ0v) is 14.9. The molecule has 0 aliphatic carbocycles. The molecule has 1 aliphatic heterocycles. The SMILES string of the molecule is CN(C)CCN1C(=O)c2cccc3c2c(cc2cccc([N+](=O)[O-])c23)C1=O. The number of fused-ring (bicyclic) bond motifs is 2. The molecule has 0 spiro atoms. The van der Waals surface area contributed by atoms with Gasteiger partial charge in [0.15, 0.2) is 0 Å². The van der Waals surface area contributed by atoms with Gasteiger partial charge in [0.2, 0.25) is 0 Å². The minimum atomic E-state index is -0.438. The van der Waals surface area contributed by atoms with Crippen LogP contribution in [0.3, 0.4) is 0 Å². The van der Waals surface area contributed by atoms with Crippen LogP contribution in [0.25, 0.3) is 21.5 Å². The molecule has 1 heterocycles. The average Bonchev–Trinajstić information content (AvgIpc) is 2.64. The number of imide groups is 1. The minimum absolute atomic E-state index is 0.0360. The molecule has 0 N–H and O–H groups in total. The summed E-state index contributed by atoms with van der Waals surface area (Å²) in [7, 11) is 3.75. The quantitative estimate of drug-likeness (QED) is 0.308. The van der Waals surface area contributed by atoms with Crippen molar-refractivity contribution in [1.29, 1.82) is 0 Å². The Morgan fingerprint density at radius 2 is 1.70 bits per heavy atom. The number of hydrogen-bond acceptors (Lipinski definition) is 5. The van der Waals surface area contributed by atoms with E-state index in [9.17, 15) is 19.7 Å². The van der Waals surface area contributed by atoms with Crippen molar-refractivity contribution in [2.24, 2.45) is 0 Å². The van der Waals surface area contributed by atoms with Gasteiger partial charge < -0.3 is 4.90 Å². The Kier molecular flexibility index (Phi) is 3.89. The topological polar surface area (TPSA) is 83.8 Å². The van der Waals surface area contributed by atoms with Gasteiger partial charge >= 0.3 is 0 Å². The highest BCUT2D eigenvalue weighted by atomic mass is 16.6. The van der Waals surface area contributed by atoms with E-state index in [2.05, 4.69) is 0 Å². The second-order valence-corrected chi connectivity index (χ2v) is 6.85. The van der Waals surface area contributed by atoms with Gasteiger partial charge in [-0.15, -0.1) is 0 Å². The number of rotatable bonds is 4. The number of nitrogens with zero attached hydrogens (tertiary/aromatic N) is 3. The third kappa shape index (κ3) is 2.55. The van der Waals surface area contributed by atoms with E-state index < -0.39 is 4.92 Å². The fourth-order valence-corrected chi connectivity index (χ4v) is 3.63. The lowest BCUT2D eigenvalue weighted by atomic mass is 9.89. The first-order valence-electron chi connectivity index (χ1n) is 8.54. The maximum absolute atomic E-state index is 13.0. The Bertz CT molecular complexity index is 1140. The van der Waals surface area contributed by atoms with Crippen LogP contribution in [0.15, 0.2) is 42.5 Å². The molecule has 0 radical (unpaired) electrons. The van der Waals surface area contributed by atoms with Crippen molar-refractivity contribution in [3.63, 3.8) is 0 Å². The van der Waals surface area contributed by atoms with Crippen molar-refractivity contribution in [1.82, 2.24) is 9.80 Å². The first-order valence-corrected chi connectivity index (χ1v) is 8.54. The van der Waals surface area contributed by atoms with Crippen molar-refractivity contribution >= 4 is 39.0 Å². The van der Waals surface area contributed by atoms with Crippen LogP contribution in [0.5, 0.6) is 0 Å². The summed E-state index contributed by atoms with van der Waals surface area (Å²) in [6.45, 7) is 0.843. The monoisotopic (exact) mass is 363 g/mol. The molecule has 0 aromatic heterocycles. The van der Waals surface area contributed by atoms with Gasteiger partial charge in [-0.1, -0.05) is 24.3 Å². The normalized spacial score (nSPS) is 13.8. The summed E-state index contributed by atoms with van der Waals surface area (Å²) in [4.78, 5) is 40.2. The highest BCUT2D eigenvalue weighted by molar-refractivity contribution is 6.30. The molecule has 3 aromatic carbocycles. The molecular formula is C20H17N3O4. The van der Waals surface area contributed by atoms with E-state index in [0.29, 0.717) is 39.2 Å². The van der Waals surface area contributed by atoms with Crippen molar-refractivity contribution in [3.05, 3.63) is 63.7 Å². The van der Waals surface area contributed by atoms with Crippen LogP contribution >= 0.6 is 0 Å². The zero-order valence-electron chi connectivity index (χ0n) is 14.9. The van der Waals surface area contributed by atoms with Crippen molar-refractivity contribution in [3.8, 4) is 0 Å². The number of nitro benzene ring substituents is 1. The number of likely N-dealkylation sites (N-methyl/N-ethyl adjacent to an activating group) is 1. The molecule has 0 unspecified atom stereocenters. The molecular weight excluding hydrogens is 346 g/mol. The number of carbonyl (C=O) groups is 2. The molecule has 2 amide bonds. The van der Waals surface area contributed by atoms with Crippen LogP contribution < -0.4 is 0 Å². The molecule has 1 aliphatic rings. The lowest BCUT2D eigenvalue weighted by Crippen LogP contribution is -2.43. The predicted octanol–water partition coefficient (Wildman–Crippen LogP) is 3.06. The zero-order chi connectivity index (χ0) is 19.3. The van der Waals surface area contributed by atoms with E-state index in [4.69, 9.17) is 0 Å². The average molecular weight is 363 g/mol. The Hall–Kier alpha value is -3.32. The number of nitro groups is 1. The number of non-ortho nitro benzene ring substituents is 1. The number of amides is 2. The predicted molar refractivity (Wildman–Crippen MR) is 102 cm³/mol. The molecule has 7 nitrogen and oxygen atoms in total. The summed E-state index contributed by atoms with van der Waals surface area (Å²) in [6.07, 6.45) is 0. The number of hydrogen-bond donors (Lipinski definition) is 0. The lowest BCUT2D eigenvalue weighted by molar-refractivity contribution is -0.383. The first kappa shape index (κ1) is 17.1. The van der Waals surface area contributed by atoms with Gasteiger partial charge in [-0.2, -0.15) is 0 Å². The van der Waals surface area contributed by atoms with E-state index in [1.165, 1.54) is 11.0 Å². The number of benzene rings is 3. The van der Waals surface area contributed by atoms with Gasteiger partial charge in [-0.3, -0.25) is 24.6 Å². The van der Waals surface area contributed by atoms with E-state index in [1.807, 2.05) is 19.0 Å². The molecule has 0 saturated carbocycles. The molecule has 4 rings (SSSR count). The Labute approximate surface area is 154 Å². The molecule has 0 bridgehead atoms. The summed E-state index contributed by atoms with van der Waals surface area (Å²) in [5, 5.41) is 13.6. The van der Waals surface area contributed by atoms with Gasteiger partial charge in [0.05, 0.1) is 10.3 Å². The van der Waals surface area contributed by atoms with Crippen LogP contribution in [-0.2, 0) is 0 Å². The molecule has 3 aromatic rings. The first-order chi connectivity index (χ1) is 12.9. The number of carbonyl (C=O) groups excluding carboxylic acids is 2. The second kappa shape index (κ2) is 6.14. The molecule has 7 heteroatoms. The molecule has 27 heavy (non-hydrogen) atoms. The fraction of sp³-hybridized carbons (Fsp3) is 0.200. The molecule has 0 fully saturated rings. The maximum atomic E-state index is 13.0. The third-order valence-electron chi connectivity index (χ3n) is 4.90. The maximum Gasteiger partial charge on any atom is 0.277 e. The third-order valence-corrected chi connectivity index (χ3v) is 4.90. The van der Waals surface area contributed by atoms with Crippen LogP contribution in [0.4, 0.5) is 5.69 Å². The highest BCUT2D eigenvalue weighted by Gasteiger charge is 2.34. The largest absolute Gasteiger partial charge is 0.308 e. The Balaban J connectivity index is 2.03. The Morgan fingerprint density at radius 3 is 2.41 bits per heavy atom. The minimum Gasteiger partial charge on any atom is -0.308 e. The smallest absolute Gasteiger partial charge is 0.277 e. The lowest BCUT2D eigenvalue weighted by Gasteiger charge is -2.28. The molecule has 0 atom stereocenters. The van der Waals surface area contributed by atoms with Gasteiger partial charge in [0, 0.05) is 35.7 Å². The van der Waals surface area contributed by atoms with Gasteiger partial charge in [0.1, 0.15) is 0 Å². The summed E-state index contributed by atoms with van der Waals surface area (Å²) < 4.78 is 0. The summed E-state index contributed by atoms with van der Waals surface area (Å²) in [5.74, 6) is -0.725. The van der Waals surface area contributed by atoms with E-state index in [0.717, 1.165) is 0 Å². The van der Waals surface area contributed by atoms with Gasteiger partial charge in [-0.25, -0.2) is 0 Å². The molecule has 0 saturated heterocycles. The van der Waals surface area contributed by atoms with E-state index >= 15 is 0 Å². The van der Waals surface area contributed by atoms with Crippen LogP contribution in [-0.4, -0.2) is 53.7 Å². The van der Waals surface area contributed by atoms with Crippen molar-refractivity contribution < 1.29 is 14.5 Å². The highest BCUT2D eigenvalue weighted by Crippen LogP contribution is 2.38. The fourth-order valence-electron chi connectivity index (χ4n) is 3.63. The second-order valence-electron chi connectivity index (χ2n) is 6.85. The van der Waals surface area contributed by atoms with Gasteiger partial charge in [-0.05, 0) is 37.0 Å². The summed E-state index contributed by atoms with van der Waals surface area (Å²) in [5.41, 5.74) is 0.777. The van der Waals surface area contributed by atoms with Crippen molar-refractivity contribution in [2.45, 2.75) is 0 Å². The van der Waals surface area contributed by atoms with Crippen molar-refractivity contribution in [2.75, 3.05) is 27.2 Å². The standard InChI is InChI=1S/C20H17N3O4/c1-21(2)9-10-22-19(24)14-7-4-6-13-17-12(5-3-8-16(17)23(26)27)11-15(18(13)14)20(22)25/h3-8,11H,9-10H2,1-2H3. The van der Waals surface area contributed by atoms with E-state index in [-0.39, 0.29) is 24.0 Å².